The molecule has 1 fully saturated rings. The standard InChI is InChI=1S/C16H29NO3/c1-10(2)16(6,15(19)20)8-14(18)17-9-11(3)7-12(4)13(17)5/h10-13H,7-9H2,1-6H3,(H,19,20). The van der Waals surface area contributed by atoms with Crippen LogP contribution in [0.1, 0.15) is 54.4 Å². The van der Waals surface area contributed by atoms with E-state index in [0.29, 0.717) is 11.8 Å². The smallest absolute Gasteiger partial charge is 0.310 e. The average molecular weight is 283 g/mol. The molecular formula is C16H29NO3. The first-order valence-electron chi connectivity index (χ1n) is 7.62. The molecule has 0 aromatic rings. The van der Waals surface area contributed by atoms with Crippen molar-refractivity contribution in [2.75, 3.05) is 6.54 Å². The van der Waals surface area contributed by atoms with Gasteiger partial charge in [-0.05, 0) is 38.0 Å². The molecule has 0 spiro atoms. The van der Waals surface area contributed by atoms with Crippen molar-refractivity contribution in [2.45, 2.75) is 60.4 Å². The van der Waals surface area contributed by atoms with Gasteiger partial charge in [0.25, 0.3) is 0 Å². The topological polar surface area (TPSA) is 57.6 Å². The molecule has 0 saturated carbocycles. The Morgan fingerprint density at radius 2 is 1.85 bits per heavy atom. The molecule has 0 radical (unpaired) electrons. The van der Waals surface area contributed by atoms with Crippen LogP contribution in [0, 0.1) is 23.2 Å². The van der Waals surface area contributed by atoms with E-state index in [-0.39, 0.29) is 24.3 Å². The number of aliphatic carboxylic acids is 1. The molecule has 0 aromatic heterocycles. The molecule has 4 nitrogen and oxygen atoms in total. The number of rotatable bonds is 4. The normalized spacial score (nSPS) is 30.1. The second-order valence-electron chi connectivity index (χ2n) is 7.16. The Morgan fingerprint density at radius 1 is 1.30 bits per heavy atom. The van der Waals surface area contributed by atoms with Crippen molar-refractivity contribution in [3.05, 3.63) is 0 Å². The number of hydrogen-bond donors (Lipinski definition) is 1. The molecule has 4 unspecified atom stereocenters. The largest absolute Gasteiger partial charge is 0.481 e. The van der Waals surface area contributed by atoms with Crippen molar-refractivity contribution in [3.63, 3.8) is 0 Å². The monoisotopic (exact) mass is 283 g/mol. The zero-order chi connectivity index (χ0) is 15.7. The number of piperidine rings is 1. The lowest BCUT2D eigenvalue weighted by Gasteiger charge is -2.42. The Bertz CT molecular complexity index is 380. The molecule has 0 aliphatic carbocycles. The highest BCUT2D eigenvalue weighted by atomic mass is 16.4. The predicted molar refractivity (Wildman–Crippen MR) is 79.3 cm³/mol. The van der Waals surface area contributed by atoms with E-state index in [4.69, 9.17) is 0 Å². The van der Waals surface area contributed by atoms with Gasteiger partial charge in [0.05, 0.1) is 5.41 Å². The van der Waals surface area contributed by atoms with Crippen LogP contribution < -0.4 is 0 Å². The molecule has 4 atom stereocenters. The third-order valence-electron chi connectivity index (χ3n) is 5.20. The fourth-order valence-electron chi connectivity index (χ4n) is 2.99. The van der Waals surface area contributed by atoms with E-state index in [1.807, 2.05) is 18.7 Å². The highest BCUT2D eigenvalue weighted by Crippen LogP contribution is 2.34. The summed E-state index contributed by atoms with van der Waals surface area (Å²) < 4.78 is 0. The molecule has 1 heterocycles. The van der Waals surface area contributed by atoms with E-state index in [1.54, 1.807) is 6.92 Å². The van der Waals surface area contributed by atoms with Gasteiger partial charge < -0.3 is 10.0 Å². The Hall–Kier alpha value is -1.06. The van der Waals surface area contributed by atoms with Gasteiger partial charge in [0.2, 0.25) is 5.91 Å². The quantitative estimate of drug-likeness (QED) is 0.863. The first kappa shape index (κ1) is 17.0. The van der Waals surface area contributed by atoms with Gasteiger partial charge in [-0.1, -0.05) is 27.7 Å². The third kappa shape index (κ3) is 3.33. The van der Waals surface area contributed by atoms with Gasteiger partial charge >= 0.3 is 5.97 Å². The maximum Gasteiger partial charge on any atom is 0.310 e. The Labute approximate surface area is 122 Å². The number of carbonyl (C=O) groups is 2. The summed E-state index contributed by atoms with van der Waals surface area (Å²) in [6.07, 6.45) is 1.22. The maximum absolute atomic E-state index is 12.6. The molecule has 0 bridgehead atoms. The lowest BCUT2D eigenvalue weighted by atomic mass is 9.75. The van der Waals surface area contributed by atoms with Gasteiger partial charge in [-0.25, -0.2) is 0 Å². The van der Waals surface area contributed by atoms with Crippen LogP contribution >= 0.6 is 0 Å². The number of hydrogen-bond acceptors (Lipinski definition) is 2. The van der Waals surface area contributed by atoms with Gasteiger partial charge in [0.1, 0.15) is 0 Å². The van der Waals surface area contributed by atoms with Crippen LogP contribution in [0.4, 0.5) is 0 Å². The van der Waals surface area contributed by atoms with Crippen molar-refractivity contribution < 1.29 is 14.7 Å². The van der Waals surface area contributed by atoms with Gasteiger partial charge in [0, 0.05) is 19.0 Å². The molecule has 1 N–H and O–H groups in total. The number of carboxylic acid groups (broad SMARTS) is 1. The van der Waals surface area contributed by atoms with E-state index in [9.17, 15) is 14.7 Å². The van der Waals surface area contributed by atoms with Crippen LogP contribution in [0.5, 0.6) is 0 Å². The van der Waals surface area contributed by atoms with Gasteiger partial charge in [-0.3, -0.25) is 9.59 Å². The van der Waals surface area contributed by atoms with E-state index in [1.165, 1.54) is 0 Å². The Morgan fingerprint density at radius 3 is 2.30 bits per heavy atom. The van der Waals surface area contributed by atoms with E-state index < -0.39 is 11.4 Å². The summed E-state index contributed by atoms with van der Waals surface area (Å²) in [5, 5.41) is 9.45. The van der Waals surface area contributed by atoms with Crippen LogP contribution in [-0.2, 0) is 9.59 Å². The lowest BCUT2D eigenvalue weighted by Crippen LogP contribution is -2.51. The molecule has 20 heavy (non-hydrogen) atoms. The number of carboxylic acids is 1. The molecule has 4 heteroatoms. The van der Waals surface area contributed by atoms with E-state index in [2.05, 4.69) is 20.8 Å². The van der Waals surface area contributed by atoms with Crippen LogP contribution in [0.3, 0.4) is 0 Å². The molecule has 1 saturated heterocycles. The molecule has 1 rings (SSSR count). The van der Waals surface area contributed by atoms with Crippen molar-refractivity contribution in [1.82, 2.24) is 4.90 Å². The van der Waals surface area contributed by atoms with Crippen molar-refractivity contribution in [2.24, 2.45) is 23.2 Å². The molecule has 1 amide bonds. The fraction of sp³-hybridized carbons (Fsp3) is 0.875. The van der Waals surface area contributed by atoms with Crippen LogP contribution in [0.25, 0.3) is 0 Å². The third-order valence-corrected chi connectivity index (χ3v) is 5.20. The average Bonchev–Trinajstić information content (AvgIpc) is 2.32. The Balaban J connectivity index is 2.86. The summed E-state index contributed by atoms with van der Waals surface area (Å²) in [6, 6.07) is 0.198. The lowest BCUT2D eigenvalue weighted by molar-refractivity contribution is -0.157. The summed E-state index contributed by atoms with van der Waals surface area (Å²) in [5.41, 5.74) is -0.985. The SMILES string of the molecule is CC1CC(C)C(C)N(C(=O)CC(C)(C(=O)O)C(C)C)C1. The fourth-order valence-corrected chi connectivity index (χ4v) is 2.99. The van der Waals surface area contributed by atoms with Crippen molar-refractivity contribution in [3.8, 4) is 0 Å². The first-order valence-corrected chi connectivity index (χ1v) is 7.62. The summed E-state index contributed by atoms with van der Waals surface area (Å²) in [5.74, 6) is -0.0156. The van der Waals surface area contributed by atoms with E-state index in [0.717, 1.165) is 13.0 Å². The van der Waals surface area contributed by atoms with Crippen LogP contribution in [0.15, 0.2) is 0 Å². The molecule has 116 valence electrons. The molecular weight excluding hydrogens is 254 g/mol. The summed E-state index contributed by atoms with van der Waals surface area (Å²) in [7, 11) is 0. The first-order chi connectivity index (χ1) is 9.09. The Kier molecular flexibility index (Phi) is 5.22. The summed E-state index contributed by atoms with van der Waals surface area (Å²) in [6.45, 7) is 12.6. The number of nitrogens with zero attached hydrogens (tertiary/aromatic N) is 1. The van der Waals surface area contributed by atoms with Crippen LogP contribution in [0.2, 0.25) is 0 Å². The van der Waals surface area contributed by atoms with Gasteiger partial charge in [0.15, 0.2) is 0 Å². The number of carbonyl (C=O) groups excluding carboxylic acids is 1. The predicted octanol–water partition coefficient (Wildman–Crippen LogP) is 3.02. The van der Waals surface area contributed by atoms with Gasteiger partial charge in [-0.2, -0.15) is 0 Å². The van der Waals surface area contributed by atoms with E-state index >= 15 is 0 Å². The zero-order valence-corrected chi connectivity index (χ0v) is 13.6. The summed E-state index contributed by atoms with van der Waals surface area (Å²) >= 11 is 0. The second-order valence-corrected chi connectivity index (χ2v) is 7.16. The minimum Gasteiger partial charge on any atom is -0.481 e. The molecule has 0 aromatic carbocycles. The second kappa shape index (κ2) is 6.15. The highest BCUT2D eigenvalue weighted by Gasteiger charge is 2.41. The number of amides is 1. The van der Waals surface area contributed by atoms with Gasteiger partial charge in [-0.15, -0.1) is 0 Å². The summed E-state index contributed by atoms with van der Waals surface area (Å²) in [4.78, 5) is 26.0. The molecule has 1 aliphatic heterocycles. The zero-order valence-electron chi connectivity index (χ0n) is 13.6. The molecule has 1 aliphatic rings. The minimum atomic E-state index is -0.985. The number of likely N-dealkylation sites (tertiary alicyclic amines) is 1. The van der Waals surface area contributed by atoms with Crippen molar-refractivity contribution in [1.29, 1.82) is 0 Å². The highest BCUT2D eigenvalue weighted by molar-refractivity contribution is 5.85. The van der Waals surface area contributed by atoms with Crippen LogP contribution in [-0.4, -0.2) is 34.5 Å². The van der Waals surface area contributed by atoms with Crippen molar-refractivity contribution >= 4 is 11.9 Å². The minimum absolute atomic E-state index is 0.0190. The maximum atomic E-state index is 12.6.